The van der Waals surface area contributed by atoms with Crippen molar-refractivity contribution < 1.29 is 9.84 Å². The molecule has 6 nitrogen and oxygen atoms in total. The van der Waals surface area contributed by atoms with Crippen LogP contribution in [0.5, 0.6) is 0 Å². The Bertz CT molecular complexity index is 387. The van der Waals surface area contributed by atoms with E-state index in [2.05, 4.69) is 36.3 Å². The van der Waals surface area contributed by atoms with Crippen molar-refractivity contribution in [2.75, 3.05) is 45.9 Å². The van der Waals surface area contributed by atoms with Crippen molar-refractivity contribution in [2.24, 2.45) is 10.9 Å². The van der Waals surface area contributed by atoms with E-state index in [9.17, 15) is 5.11 Å². The summed E-state index contributed by atoms with van der Waals surface area (Å²) in [5, 5.41) is 16.7. The van der Waals surface area contributed by atoms with E-state index in [1.807, 2.05) is 0 Å². The maximum atomic E-state index is 9.94. The number of guanidine groups is 1. The van der Waals surface area contributed by atoms with Crippen molar-refractivity contribution in [3.8, 4) is 0 Å². The van der Waals surface area contributed by atoms with Crippen LogP contribution in [0.2, 0.25) is 0 Å². The lowest BCUT2D eigenvalue weighted by molar-refractivity contribution is -0.00684. The number of aliphatic hydroxyl groups excluding tert-OH is 1. The minimum Gasteiger partial charge on any atom is -0.393 e. The number of ether oxygens (including phenoxy) is 1. The molecule has 0 aromatic rings. The molecule has 24 heavy (non-hydrogen) atoms. The summed E-state index contributed by atoms with van der Waals surface area (Å²) in [6.45, 7) is 12.5. The maximum Gasteiger partial charge on any atom is 0.191 e. The van der Waals surface area contributed by atoms with Crippen LogP contribution in [0.3, 0.4) is 0 Å². The van der Waals surface area contributed by atoms with Gasteiger partial charge in [-0.3, -0.25) is 9.89 Å². The molecule has 1 heterocycles. The van der Waals surface area contributed by atoms with Gasteiger partial charge in [-0.25, -0.2) is 0 Å². The summed E-state index contributed by atoms with van der Waals surface area (Å²) in [5.41, 5.74) is 0.0268. The largest absolute Gasteiger partial charge is 0.393 e. The quantitative estimate of drug-likeness (QED) is 0.322. The van der Waals surface area contributed by atoms with Crippen molar-refractivity contribution >= 4 is 29.9 Å². The summed E-state index contributed by atoms with van der Waals surface area (Å²) >= 11 is 0. The first-order valence-corrected chi connectivity index (χ1v) is 9.06. The SMILES string of the molecule is CCNC(=NCC(C)(C)N1CCOCC1)NCC1CCCC1O.I. The third-order valence-corrected chi connectivity index (χ3v) is 4.99. The number of nitrogens with zero attached hydrogens (tertiary/aromatic N) is 2. The van der Waals surface area contributed by atoms with Crippen LogP contribution in [-0.4, -0.2) is 73.5 Å². The molecule has 2 unspecified atom stereocenters. The Labute approximate surface area is 163 Å². The number of halogens is 1. The molecular formula is C17H35IN4O2. The topological polar surface area (TPSA) is 69.1 Å². The zero-order valence-corrected chi connectivity index (χ0v) is 17.7. The predicted octanol–water partition coefficient (Wildman–Crippen LogP) is 1.43. The van der Waals surface area contributed by atoms with Crippen LogP contribution in [0.4, 0.5) is 0 Å². The number of hydrogen-bond donors (Lipinski definition) is 3. The molecule has 2 aliphatic rings. The van der Waals surface area contributed by atoms with Gasteiger partial charge in [0.05, 0.1) is 25.9 Å². The second kappa shape index (κ2) is 10.8. The van der Waals surface area contributed by atoms with E-state index in [0.717, 1.165) is 71.2 Å². The smallest absolute Gasteiger partial charge is 0.191 e. The second-order valence-corrected chi connectivity index (χ2v) is 7.25. The van der Waals surface area contributed by atoms with Crippen molar-refractivity contribution in [1.82, 2.24) is 15.5 Å². The van der Waals surface area contributed by atoms with Crippen LogP contribution in [0.1, 0.15) is 40.0 Å². The van der Waals surface area contributed by atoms with E-state index >= 15 is 0 Å². The highest BCUT2D eigenvalue weighted by Crippen LogP contribution is 2.24. The fourth-order valence-corrected chi connectivity index (χ4v) is 3.37. The molecule has 0 aromatic carbocycles. The molecule has 2 atom stereocenters. The normalized spacial score (nSPS) is 26.1. The van der Waals surface area contributed by atoms with Crippen molar-refractivity contribution in [3.05, 3.63) is 0 Å². The first-order valence-electron chi connectivity index (χ1n) is 9.06. The number of nitrogens with one attached hydrogen (secondary N) is 2. The summed E-state index contributed by atoms with van der Waals surface area (Å²) in [5.74, 6) is 1.21. The number of aliphatic hydroxyl groups is 1. The molecule has 0 aromatic heterocycles. The van der Waals surface area contributed by atoms with E-state index in [-0.39, 0.29) is 35.6 Å². The highest BCUT2D eigenvalue weighted by molar-refractivity contribution is 14.0. The summed E-state index contributed by atoms with van der Waals surface area (Å²) in [6, 6.07) is 0. The summed E-state index contributed by atoms with van der Waals surface area (Å²) in [4.78, 5) is 7.23. The second-order valence-electron chi connectivity index (χ2n) is 7.25. The van der Waals surface area contributed by atoms with Gasteiger partial charge < -0.3 is 20.5 Å². The van der Waals surface area contributed by atoms with Crippen molar-refractivity contribution in [1.29, 1.82) is 0 Å². The highest BCUT2D eigenvalue weighted by atomic mass is 127. The van der Waals surface area contributed by atoms with Gasteiger partial charge in [0.15, 0.2) is 5.96 Å². The van der Waals surface area contributed by atoms with Gasteiger partial charge in [0.25, 0.3) is 0 Å². The summed E-state index contributed by atoms with van der Waals surface area (Å²) in [6.07, 6.45) is 3.01. The number of hydrogen-bond acceptors (Lipinski definition) is 4. The zero-order valence-electron chi connectivity index (χ0n) is 15.4. The zero-order chi connectivity index (χ0) is 16.7. The maximum absolute atomic E-state index is 9.94. The average Bonchev–Trinajstić information content (AvgIpc) is 2.96. The Morgan fingerprint density at radius 1 is 1.25 bits per heavy atom. The molecule has 0 radical (unpaired) electrons. The Morgan fingerprint density at radius 2 is 1.96 bits per heavy atom. The molecule has 7 heteroatoms. The molecule has 2 rings (SSSR count). The van der Waals surface area contributed by atoms with Crippen LogP contribution in [0.15, 0.2) is 4.99 Å². The van der Waals surface area contributed by atoms with Crippen molar-refractivity contribution in [2.45, 2.75) is 51.7 Å². The molecule has 0 bridgehead atoms. The van der Waals surface area contributed by atoms with Gasteiger partial charge in [-0.05, 0) is 33.6 Å². The van der Waals surface area contributed by atoms with Crippen LogP contribution in [-0.2, 0) is 4.74 Å². The molecule has 0 amide bonds. The lowest BCUT2D eigenvalue weighted by Gasteiger charge is -2.40. The molecular weight excluding hydrogens is 419 g/mol. The Morgan fingerprint density at radius 3 is 2.54 bits per heavy atom. The third kappa shape index (κ3) is 6.65. The van der Waals surface area contributed by atoms with Gasteiger partial charge >= 0.3 is 0 Å². The van der Waals surface area contributed by atoms with Gasteiger partial charge in [-0.2, -0.15) is 0 Å². The number of aliphatic imine (C=N–C) groups is 1. The van der Waals surface area contributed by atoms with Gasteiger partial charge in [0, 0.05) is 37.6 Å². The molecule has 1 aliphatic heterocycles. The molecule has 2 fully saturated rings. The fourth-order valence-electron chi connectivity index (χ4n) is 3.37. The molecule has 142 valence electrons. The molecule has 1 aliphatic carbocycles. The van der Waals surface area contributed by atoms with Gasteiger partial charge in [0.1, 0.15) is 0 Å². The van der Waals surface area contributed by atoms with E-state index in [1.54, 1.807) is 0 Å². The first kappa shape index (κ1) is 21.9. The van der Waals surface area contributed by atoms with Crippen LogP contribution >= 0.6 is 24.0 Å². The standard InChI is InChI=1S/C17H34N4O2.HI/c1-4-18-16(19-12-14-6-5-7-15(14)22)20-13-17(2,3)21-8-10-23-11-9-21;/h14-15,22H,4-13H2,1-3H3,(H2,18,19,20);1H. The molecule has 0 spiro atoms. The van der Waals surface area contributed by atoms with Crippen LogP contribution in [0.25, 0.3) is 0 Å². The predicted molar refractivity (Wildman–Crippen MR) is 109 cm³/mol. The van der Waals surface area contributed by atoms with Crippen molar-refractivity contribution in [3.63, 3.8) is 0 Å². The van der Waals surface area contributed by atoms with E-state index in [1.165, 1.54) is 0 Å². The Balaban J connectivity index is 0.00000288. The van der Waals surface area contributed by atoms with E-state index in [4.69, 9.17) is 9.73 Å². The third-order valence-electron chi connectivity index (χ3n) is 4.99. The van der Waals surface area contributed by atoms with Crippen LogP contribution in [0, 0.1) is 5.92 Å². The Hall–Kier alpha value is -0.120. The lowest BCUT2D eigenvalue weighted by Crippen LogP contribution is -2.52. The Kier molecular flexibility index (Phi) is 9.84. The number of morpholine rings is 1. The average molecular weight is 454 g/mol. The lowest BCUT2D eigenvalue weighted by atomic mass is 10.0. The minimum atomic E-state index is -0.157. The van der Waals surface area contributed by atoms with E-state index in [0.29, 0.717) is 5.92 Å². The fraction of sp³-hybridized carbons (Fsp3) is 0.941. The molecule has 1 saturated carbocycles. The molecule has 3 N–H and O–H groups in total. The highest BCUT2D eigenvalue weighted by Gasteiger charge is 2.28. The monoisotopic (exact) mass is 454 g/mol. The molecule has 1 saturated heterocycles. The first-order chi connectivity index (χ1) is 11.0. The van der Waals surface area contributed by atoms with Gasteiger partial charge in [-0.1, -0.05) is 6.42 Å². The van der Waals surface area contributed by atoms with E-state index < -0.39 is 0 Å². The van der Waals surface area contributed by atoms with Gasteiger partial charge in [0.2, 0.25) is 0 Å². The number of rotatable bonds is 6. The minimum absolute atomic E-state index is 0. The van der Waals surface area contributed by atoms with Gasteiger partial charge in [-0.15, -0.1) is 24.0 Å². The van der Waals surface area contributed by atoms with Crippen LogP contribution < -0.4 is 10.6 Å². The summed E-state index contributed by atoms with van der Waals surface area (Å²) in [7, 11) is 0. The summed E-state index contributed by atoms with van der Waals surface area (Å²) < 4.78 is 5.44.